The van der Waals surface area contributed by atoms with Gasteiger partial charge in [0.05, 0.1) is 0 Å². The predicted octanol–water partition coefficient (Wildman–Crippen LogP) is 4.05. The third-order valence-corrected chi connectivity index (χ3v) is 6.87. The van der Waals surface area contributed by atoms with E-state index in [2.05, 4.69) is 0 Å². The number of Topliss-reactive ketones (excluding diaryl/α,β-unsaturated/α-hetero) is 4. The van der Waals surface area contributed by atoms with E-state index < -0.39 is 45.7 Å². The average Bonchev–Trinajstić information content (AvgIpc) is 3.29. The molecule has 3 aliphatic carbocycles. The standard InChI is InChI=1S/C25H13FO4/c26-14-11-9-13(10-12-14)19-24(20(27)15-5-1-2-6-16(15)21(24)28)25(19)22(29)17-7-3-4-8-18(17)23(25)30/h1-12,19H. The van der Waals surface area contributed by atoms with Crippen LogP contribution in [-0.4, -0.2) is 23.1 Å². The van der Waals surface area contributed by atoms with Crippen LogP contribution >= 0.6 is 0 Å². The number of carbonyl (C=O) groups is 4. The maximum absolute atomic E-state index is 13.6. The van der Waals surface area contributed by atoms with E-state index in [0.29, 0.717) is 5.56 Å². The molecule has 30 heavy (non-hydrogen) atoms. The Kier molecular flexibility index (Phi) is 3.00. The molecule has 144 valence electrons. The van der Waals surface area contributed by atoms with Crippen molar-refractivity contribution < 1.29 is 23.6 Å². The third-order valence-electron chi connectivity index (χ3n) is 6.87. The van der Waals surface area contributed by atoms with Crippen LogP contribution < -0.4 is 0 Å². The first kappa shape index (κ1) is 17.2. The van der Waals surface area contributed by atoms with Crippen LogP contribution in [0.3, 0.4) is 0 Å². The molecular formula is C25H13FO4. The molecule has 1 fully saturated rings. The van der Waals surface area contributed by atoms with Crippen molar-refractivity contribution in [1.29, 1.82) is 0 Å². The van der Waals surface area contributed by atoms with Gasteiger partial charge in [0.25, 0.3) is 0 Å². The van der Waals surface area contributed by atoms with Gasteiger partial charge in [-0.2, -0.15) is 0 Å². The summed E-state index contributed by atoms with van der Waals surface area (Å²) in [5.74, 6) is -3.48. The minimum Gasteiger partial charge on any atom is -0.293 e. The molecule has 0 heterocycles. The Bertz CT molecular complexity index is 1180. The van der Waals surface area contributed by atoms with E-state index in [0.717, 1.165) is 0 Å². The molecule has 3 aliphatic rings. The lowest BCUT2D eigenvalue weighted by Crippen LogP contribution is -2.32. The number of hydrogen-bond acceptors (Lipinski definition) is 4. The van der Waals surface area contributed by atoms with Gasteiger partial charge in [0, 0.05) is 28.2 Å². The minimum atomic E-state index is -1.82. The Labute approximate surface area is 170 Å². The maximum Gasteiger partial charge on any atom is 0.179 e. The van der Waals surface area contributed by atoms with E-state index in [1.54, 1.807) is 48.5 Å². The molecule has 5 heteroatoms. The van der Waals surface area contributed by atoms with Crippen molar-refractivity contribution in [2.24, 2.45) is 10.8 Å². The fraction of sp³-hybridized carbons (Fsp3) is 0.120. The quantitative estimate of drug-likeness (QED) is 0.582. The highest BCUT2D eigenvalue weighted by Gasteiger charge is 2.93. The molecule has 0 radical (unpaired) electrons. The van der Waals surface area contributed by atoms with Crippen LogP contribution in [0.5, 0.6) is 0 Å². The number of rotatable bonds is 1. The Morgan fingerprint density at radius 2 is 0.867 bits per heavy atom. The highest BCUT2D eigenvalue weighted by atomic mass is 19.1. The van der Waals surface area contributed by atoms with E-state index in [1.807, 2.05) is 0 Å². The molecule has 2 spiro atoms. The monoisotopic (exact) mass is 396 g/mol. The average molecular weight is 396 g/mol. The van der Waals surface area contributed by atoms with Crippen LogP contribution in [0.15, 0.2) is 72.8 Å². The number of halogens is 1. The van der Waals surface area contributed by atoms with E-state index >= 15 is 0 Å². The molecule has 3 aromatic carbocycles. The Morgan fingerprint density at radius 1 is 0.533 bits per heavy atom. The first-order valence-electron chi connectivity index (χ1n) is 9.60. The molecule has 0 N–H and O–H groups in total. The lowest BCUT2D eigenvalue weighted by molar-refractivity contribution is 0.0663. The Balaban J connectivity index is 1.66. The molecule has 3 aromatic rings. The zero-order valence-corrected chi connectivity index (χ0v) is 15.5. The van der Waals surface area contributed by atoms with Gasteiger partial charge < -0.3 is 0 Å². The van der Waals surface area contributed by atoms with Gasteiger partial charge in [0.15, 0.2) is 23.1 Å². The second-order valence-electron chi connectivity index (χ2n) is 8.01. The molecule has 6 rings (SSSR count). The summed E-state index contributed by atoms with van der Waals surface area (Å²) in [6.07, 6.45) is 0. The lowest BCUT2D eigenvalue weighted by atomic mass is 9.84. The SMILES string of the molecule is O=C1c2ccccc2C(=O)C12C(c1ccc(F)cc1)C21C(=O)c2ccccc2C1=O. The second kappa shape index (κ2) is 5.25. The van der Waals surface area contributed by atoms with E-state index in [-0.39, 0.29) is 22.3 Å². The summed E-state index contributed by atoms with van der Waals surface area (Å²) in [6, 6.07) is 18.1. The second-order valence-corrected chi connectivity index (χ2v) is 8.01. The van der Waals surface area contributed by atoms with Crippen molar-refractivity contribution >= 4 is 23.1 Å². The van der Waals surface area contributed by atoms with Crippen LogP contribution in [0.4, 0.5) is 4.39 Å². The normalized spacial score (nSPS) is 20.2. The summed E-state index contributed by atoms with van der Waals surface area (Å²) >= 11 is 0. The van der Waals surface area contributed by atoms with Crippen molar-refractivity contribution in [2.45, 2.75) is 5.92 Å². The summed E-state index contributed by atoms with van der Waals surface area (Å²) in [4.78, 5) is 54.6. The van der Waals surface area contributed by atoms with Gasteiger partial charge >= 0.3 is 0 Å². The Hall–Kier alpha value is -3.73. The van der Waals surface area contributed by atoms with Crippen molar-refractivity contribution in [1.82, 2.24) is 0 Å². The number of ketones is 4. The van der Waals surface area contributed by atoms with Gasteiger partial charge in [0.2, 0.25) is 0 Å². The summed E-state index contributed by atoms with van der Waals surface area (Å²) < 4.78 is 13.6. The molecule has 0 unspecified atom stereocenters. The van der Waals surface area contributed by atoms with Gasteiger partial charge in [-0.3, -0.25) is 19.2 Å². The van der Waals surface area contributed by atoms with Crippen molar-refractivity contribution in [3.63, 3.8) is 0 Å². The van der Waals surface area contributed by atoms with Crippen LogP contribution in [0.1, 0.15) is 52.9 Å². The molecule has 0 amide bonds. The highest BCUT2D eigenvalue weighted by Crippen LogP contribution is 2.81. The van der Waals surface area contributed by atoms with Gasteiger partial charge in [-0.15, -0.1) is 0 Å². The van der Waals surface area contributed by atoms with Gasteiger partial charge in [0.1, 0.15) is 16.6 Å². The molecule has 4 nitrogen and oxygen atoms in total. The molecule has 1 saturated carbocycles. The number of benzene rings is 3. The van der Waals surface area contributed by atoms with Gasteiger partial charge in [-0.25, -0.2) is 4.39 Å². The molecule has 0 bridgehead atoms. The van der Waals surface area contributed by atoms with Crippen molar-refractivity contribution in [3.05, 3.63) is 106 Å². The first-order chi connectivity index (χ1) is 14.5. The van der Waals surface area contributed by atoms with Crippen molar-refractivity contribution in [3.8, 4) is 0 Å². The van der Waals surface area contributed by atoms with E-state index in [9.17, 15) is 23.6 Å². The fourth-order valence-corrected chi connectivity index (χ4v) is 5.68. The summed E-state index contributed by atoms with van der Waals surface area (Å²) in [7, 11) is 0. The fourth-order valence-electron chi connectivity index (χ4n) is 5.68. The topological polar surface area (TPSA) is 68.3 Å². The largest absolute Gasteiger partial charge is 0.293 e. The molecule has 0 saturated heterocycles. The van der Waals surface area contributed by atoms with Crippen LogP contribution in [0.25, 0.3) is 0 Å². The van der Waals surface area contributed by atoms with Gasteiger partial charge in [-0.1, -0.05) is 60.7 Å². The highest BCUT2D eigenvalue weighted by molar-refractivity contribution is 6.45. The Morgan fingerprint density at radius 3 is 1.20 bits per heavy atom. The smallest absolute Gasteiger partial charge is 0.179 e. The minimum absolute atomic E-state index is 0.225. The molecular weight excluding hydrogens is 383 g/mol. The maximum atomic E-state index is 13.6. The summed E-state index contributed by atoms with van der Waals surface area (Å²) in [6.45, 7) is 0. The lowest BCUT2D eigenvalue weighted by Gasteiger charge is -2.11. The van der Waals surface area contributed by atoms with Crippen LogP contribution in [-0.2, 0) is 0 Å². The van der Waals surface area contributed by atoms with Gasteiger partial charge in [-0.05, 0) is 17.7 Å². The zero-order valence-electron chi connectivity index (χ0n) is 15.5. The number of fused-ring (bicyclic) bond motifs is 3. The molecule has 0 atom stereocenters. The first-order valence-corrected chi connectivity index (χ1v) is 9.60. The van der Waals surface area contributed by atoms with E-state index in [4.69, 9.17) is 0 Å². The molecule has 0 aromatic heterocycles. The summed E-state index contributed by atoms with van der Waals surface area (Å²) in [5, 5.41) is 0. The van der Waals surface area contributed by atoms with Crippen LogP contribution in [0.2, 0.25) is 0 Å². The summed E-state index contributed by atoms with van der Waals surface area (Å²) in [5.41, 5.74) is -2.30. The zero-order chi connectivity index (χ0) is 20.8. The van der Waals surface area contributed by atoms with E-state index in [1.165, 1.54) is 24.3 Å². The van der Waals surface area contributed by atoms with Crippen LogP contribution in [0, 0.1) is 16.6 Å². The third kappa shape index (κ3) is 1.58. The predicted molar refractivity (Wildman–Crippen MR) is 104 cm³/mol. The number of hydrogen-bond donors (Lipinski definition) is 0. The molecule has 0 aliphatic heterocycles. The number of carbonyl (C=O) groups excluding carboxylic acids is 4. The van der Waals surface area contributed by atoms with Crippen molar-refractivity contribution in [2.75, 3.05) is 0 Å².